The van der Waals surface area contributed by atoms with Crippen LogP contribution in [0.15, 0.2) is 83.0 Å². The smallest absolute Gasteiger partial charge is 0.322 e. The fraction of sp³-hybridized carbons (Fsp3) is 0.148. The number of urea groups is 1. The van der Waals surface area contributed by atoms with Crippen LogP contribution in [0.4, 0.5) is 9.18 Å². The Bertz CT molecular complexity index is 1430. The Balaban J connectivity index is 1.60. The second-order valence-corrected chi connectivity index (χ2v) is 8.88. The number of allylic oxidation sites excluding steroid dienone is 1. The number of carbonyl (C=O) groups excluding carboxylic acids is 1. The molecule has 1 aromatic heterocycles. The van der Waals surface area contributed by atoms with Crippen LogP contribution in [0.5, 0.6) is 0 Å². The Hall–Kier alpha value is -3.97. The zero-order chi connectivity index (χ0) is 24.5. The molecule has 4 aromatic rings. The third kappa shape index (κ3) is 4.68. The molecule has 2 amide bonds. The highest BCUT2D eigenvalue weighted by Crippen LogP contribution is 2.38. The van der Waals surface area contributed by atoms with Crippen molar-refractivity contribution in [2.24, 2.45) is 0 Å². The fourth-order valence-corrected chi connectivity index (χ4v) is 4.43. The molecule has 1 aliphatic heterocycles. The average molecular weight is 489 g/mol. The van der Waals surface area contributed by atoms with Gasteiger partial charge in [-0.1, -0.05) is 58.7 Å². The number of hydrogen-bond donors (Lipinski definition) is 1. The van der Waals surface area contributed by atoms with E-state index in [0.29, 0.717) is 34.2 Å². The third-order valence-corrected chi connectivity index (χ3v) is 6.20. The van der Waals surface area contributed by atoms with Crippen LogP contribution in [0.1, 0.15) is 35.5 Å². The van der Waals surface area contributed by atoms with Gasteiger partial charge in [0.1, 0.15) is 5.82 Å². The molecule has 0 aliphatic carbocycles. The summed E-state index contributed by atoms with van der Waals surface area (Å²) in [6, 6.07) is 20.4. The monoisotopic (exact) mass is 488 g/mol. The van der Waals surface area contributed by atoms with Gasteiger partial charge in [0.2, 0.25) is 5.82 Å². The van der Waals surface area contributed by atoms with Gasteiger partial charge in [0.15, 0.2) is 0 Å². The summed E-state index contributed by atoms with van der Waals surface area (Å²) in [5, 5.41) is 7.73. The summed E-state index contributed by atoms with van der Waals surface area (Å²) in [5.41, 5.74) is 4.87. The van der Waals surface area contributed by atoms with Crippen molar-refractivity contribution in [1.82, 2.24) is 20.4 Å². The number of nitrogens with one attached hydrogen (secondary N) is 1. The largest absolute Gasteiger partial charge is 0.334 e. The predicted octanol–water partition coefficient (Wildman–Crippen LogP) is 6.54. The van der Waals surface area contributed by atoms with E-state index in [0.717, 1.165) is 16.7 Å². The summed E-state index contributed by atoms with van der Waals surface area (Å²) in [6.45, 7) is 4.26. The molecule has 2 heterocycles. The lowest BCUT2D eigenvalue weighted by atomic mass is 9.94. The summed E-state index contributed by atoms with van der Waals surface area (Å²) in [5.74, 6) is 0.243. The highest BCUT2D eigenvalue weighted by molar-refractivity contribution is 6.30. The van der Waals surface area contributed by atoms with E-state index in [-0.39, 0.29) is 17.7 Å². The number of amides is 2. The van der Waals surface area contributed by atoms with Crippen molar-refractivity contribution < 1.29 is 13.7 Å². The van der Waals surface area contributed by atoms with Crippen molar-refractivity contribution in [3.05, 3.63) is 112 Å². The van der Waals surface area contributed by atoms with Gasteiger partial charge in [-0.3, -0.25) is 4.90 Å². The van der Waals surface area contributed by atoms with Crippen molar-refractivity contribution in [2.75, 3.05) is 0 Å². The zero-order valence-corrected chi connectivity index (χ0v) is 19.9. The van der Waals surface area contributed by atoms with Crippen molar-refractivity contribution in [3.63, 3.8) is 0 Å². The molecular weight excluding hydrogens is 467 g/mol. The number of halogens is 2. The number of aryl methyl sites for hydroxylation is 1. The molecule has 0 fully saturated rings. The SMILES string of the molecule is CC1=C(c2nc(-c3ccc(F)cc3)no2)C(c2cccc(Cl)c2)NC(=O)N1Cc1cccc(C)c1. The maximum Gasteiger partial charge on any atom is 0.322 e. The molecule has 0 radical (unpaired) electrons. The minimum absolute atomic E-state index is 0.240. The van der Waals surface area contributed by atoms with E-state index < -0.39 is 6.04 Å². The zero-order valence-electron chi connectivity index (χ0n) is 19.1. The summed E-state index contributed by atoms with van der Waals surface area (Å²) < 4.78 is 19.0. The minimum Gasteiger partial charge on any atom is -0.334 e. The number of hydrogen-bond acceptors (Lipinski definition) is 4. The maximum atomic E-state index is 13.4. The number of nitrogens with zero attached hydrogens (tertiary/aromatic N) is 3. The van der Waals surface area contributed by atoms with Crippen LogP contribution in [-0.2, 0) is 6.54 Å². The van der Waals surface area contributed by atoms with Gasteiger partial charge in [-0.15, -0.1) is 0 Å². The van der Waals surface area contributed by atoms with Gasteiger partial charge in [0.25, 0.3) is 5.89 Å². The van der Waals surface area contributed by atoms with E-state index in [1.807, 2.05) is 50.2 Å². The highest BCUT2D eigenvalue weighted by Gasteiger charge is 2.36. The molecule has 5 rings (SSSR count). The lowest BCUT2D eigenvalue weighted by Gasteiger charge is -2.35. The van der Waals surface area contributed by atoms with Crippen LogP contribution >= 0.6 is 11.6 Å². The Morgan fingerprint density at radius 3 is 2.57 bits per heavy atom. The first-order chi connectivity index (χ1) is 16.9. The van der Waals surface area contributed by atoms with E-state index in [9.17, 15) is 9.18 Å². The lowest BCUT2D eigenvalue weighted by Crippen LogP contribution is -2.45. The second-order valence-electron chi connectivity index (χ2n) is 8.44. The van der Waals surface area contributed by atoms with Crippen LogP contribution < -0.4 is 5.32 Å². The molecular formula is C27H22ClFN4O2. The molecule has 8 heteroatoms. The molecule has 1 aliphatic rings. The predicted molar refractivity (Wildman–Crippen MR) is 132 cm³/mol. The fourth-order valence-electron chi connectivity index (χ4n) is 4.23. The molecule has 0 saturated heterocycles. The van der Waals surface area contributed by atoms with Crippen LogP contribution in [0.25, 0.3) is 17.0 Å². The van der Waals surface area contributed by atoms with Crippen LogP contribution in [0.3, 0.4) is 0 Å². The quantitative estimate of drug-likeness (QED) is 0.346. The third-order valence-electron chi connectivity index (χ3n) is 5.96. The van der Waals surface area contributed by atoms with Crippen LogP contribution in [0, 0.1) is 12.7 Å². The van der Waals surface area contributed by atoms with Crippen LogP contribution in [0.2, 0.25) is 5.02 Å². The Morgan fingerprint density at radius 2 is 1.83 bits per heavy atom. The average Bonchev–Trinajstić information content (AvgIpc) is 3.31. The highest BCUT2D eigenvalue weighted by atomic mass is 35.5. The molecule has 35 heavy (non-hydrogen) atoms. The lowest BCUT2D eigenvalue weighted by molar-refractivity contribution is 0.203. The standard InChI is InChI=1S/C27H22ClFN4O2/c1-16-5-3-6-18(13-16)15-33-17(2)23(24(30-27(33)34)20-7-4-8-21(28)14-20)26-31-25(32-35-26)19-9-11-22(29)12-10-19/h3-14,24H,15H2,1-2H3,(H,30,34). The first kappa shape index (κ1) is 22.8. The molecule has 3 aromatic carbocycles. The normalized spacial score (nSPS) is 15.9. The number of aromatic nitrogens is 2. The van der Waals surface area contributed by atoms with Gasteiger partial charge in [-0.2, -0.15) is 4.98 Å². The summed E-state index contributed by atoms with van der Waals surface area (Å²) in [6.07, 6.45) is 0. The van der Waals surface area contributed by atoms with Crippen molar-refractivity contribution >= 4 is 23.2 Å². The molecule has 1 N–H and O–H groups in total. The minimum atomic E-state index is -0.545. The summed E-state index contributed by atoms with van der Waals surface area (Å²) in [4.78, 5) is 19.5. The number of rotatable bonds is 5. The molecule has 0 spiro atoms. The van der Waals surface area contributed by atoms with Crippen molar-refractivity contribution in [1.29, 1.82) is 0 Å². The van der Waals surface area contributed by atoms with Crippen molar-refractivity contribution in [2.45, 2.75) is 26.4 Å². The summed E-state index contributed by atoms with van der Waals surface area (Å²) in [7, 11) is 0. The van der Waals surface area contributed by atoms with Gasteiger partial charge in [-0.25, -0.2) is 9.18 Å². The topological polar surface area (TPSA) is 71.3 Å². The molecule has 0 saturated carbocycles. The molecule has 6 nitrogen and oxygen atoms in total. The maximum absolute atomic E-state index is 13.4. The van der Waals surface area contributed by atoms with Gasteiger partial charge in [0, 0.05) is 16.3 Å². The Morgan fingerprint density at radius 1 is 1.06 bits per heavy atom. The van der Waals surface area contributed by atoms with Gasteiger partial charge >= 0.3 is 6.03 Å². The van der Waals surface area contributed by atoms with E-state index in [1.54, 1.807) is 29.2 Å². The molecule has 1 atom stereocenters. The first-order valence-electron chi connectivity index (χ1n) is 11.1. The van der Waals surface area contributed by atoms with E-state index >= 15 is 0 Å². The second kappa shape index (κ2) is 9.35. The molecule has 1 unspecified atom stereocenters. The number of benzene rings is 3. The van der Waals surface area contributed by atoms with E-state index in [1.165, 1.54) is 12.1 Å². The van der Waals surface area contributed by atoms with Gasteiger partial charge in [-0.05, 0) is 61.4 Å². The summed E-state index contributed by atoms with van der Waals surface area (Å²) >= 11 is 6.26. The Labute approximate surface area is 207 Å². The van der Waals surface area contributed by atoms with Gasteiger partial charge in [0.05, 0.1) is 18.2 Å². The number of carbonyl (C=O) groups is 1. The Kier molecular flexibility index (Phi) is 6.09. The van der Waals surface area contributed by atoms with E-state index in [4.69, 9.17) is 16.1 Å². The van der Waals surface area contributed by atoms with Crippen molar-refractivity contribution in [3.8, 4) is 11.4 Å². The first-order valence-corrected chi connectivity index (χ1v) is 11.5. The van der Waals surface area contributed by atoms with E-state index in [2.05, 4.69) is 15.5 Å². The van der Waals surface area contributed by atoms with Gasteiger partial charge < -0.3 is 9.84 Å². The van der Waals surface area contributed by atoms with Crippen LogP contribution in [-0.4, -0.2) is 21.1 Å². The molecule has 176 valence electrons. The molecule has 0 bridgehead atoms.